The highest BCUT2D eigenvalue weighted by atomic mass is 19.4. The average molecular weight is 271 g/mol. The summed E-state index contributed by atoms with van der Waals surface area (Å²) in [6.07, 6.45) is -1.94. The fourth-order valence-corrected chi connectivity index (χ4v) is 1.46. The van der Waals surface area contributed by atoms with Crippen LogP contribution in [0.2, 0.25) is 0 Å². The fraction of sp³-hybridized carbons (Fsp3) is 0.364. The van der Waals surface area contributed by atoms with E-state index in [-0.39, 0.29) is 0 Å². The summed E-state index contributed by atoms with van der Waals surface area (Å²) in [4.78, 5) is 7.77. The van der Waals surface area contributed by atoms with Gasteiger partial charge in [-0.3, -0.25) is 9.67 Å². The molecule has 102 valence electrons. The van der Waals surface area contributed by atoms with Crippen LogP contribution < -0.4 is 5.32 Å². The summed E-state index contributed by atoms with van der Waals surface area (Å²) < 4.78 is 38.5. The first-order chi connectivity index (χ1) is 8.95. The van der Waals surface area contributed by atoms with E-state index in [0.29, 0.717) is 24.6 Å². The molecule has 0 aliphatic carbocycles. The van der Waals surface area contributed by atoms with E-state index >= 15 is 0 Å². The Hall–Kier alpha value is -1.96. The van der Waals surface area contributed by atoms with Gasteiger partial charge in [-0.25, -0.2) is 4.98 Å². The van der Waals surface area contributed by atoms with Crippen molar-refractivity contribution in [3.63, 3.8) is 0 Å². The van der Waals surface area contributed by atoms with Gasteiger partial charge in [-0.05, 0) is 12.1 Å². The Morgan fingerprint density at radius 1 is 1.21 bits per heavy atom. The minimum Gasteiger partial charge on any atom is -0.304 e. The van der Waals surface area contributed by atoms with Crippen LogP contribution in [0.5, 0.6) is 0 Å². The van der Waals surface area contributed by atoms with Gasteiger partial charge in [0.25, 0.3) is 0 Å². The van der Waals surface area contributed by atoms with Crippen LogP contribution in [-0.2, 0) is 26.3 Å². The third kappa shape index (κ3) is 3.75. The number of hydrogen-bond donors (Lipinski definition) is 1. The minimum absolute atomic E-state index is 0.358. The lowest BCUT2D eigenvalue weighted by Gasteiger charge is -2.07. The number of aryl methyl sites for hydroxylation is 1. The van der Waals surface area contributed by atoms with Crippen molar-refractivity contribution in [2.24, 2.45) is 7.05 Å². The zero-order chi connectivity index (χ0) is 13.9. The van der Waals surface area contributed by atoms with Crippen LogP contribution >= 0.6 is 0 Å². The van der Waals surface area contributed by atoms with Crippen molar-refractivity contribution in [1.29, 1.82) is 0 Å². The molecule has 2 aromatic rings. The van der Waals surface area contributed by atoms with Crippen LogP contribution in [0.4, 0.5) is 13.2 Å². The van der Waals surface area contributed by atoms with E-state index in [0.717, 1.165) is 12.3 Å². The van der Waals surface area contributed by atoms with Crippen molar-refractivity contribution in [3.8, 4) is 0 Å². The van der Waals surface area contributed by atoms with Crippen molar-refractivity contribution < 1.29 is 13.2 Å². The van der Waals surface area contributed by atoms with Crippen LogP contribution in [0, 0.1) is 0 Å². The van der Waals surface area contributed by atoms with E-state index in [1.165, 1.54) is 6.07 Å². The molecule has 0 saturated heterocycles. The molecule has 0 fully saturated rings. The molecule has 2 heterocycles. The van der Waals surface area contributed by atoms with Crippen LogP contribution in [-0.4, -0.2) is 19.7 Å². The number of alkyl halides is 3. The van der Waals surface area contributed by atoms with Gasteiger partial charge in [0.15, 0.2) is 5.82 Å². The predicted molar refractivity (Wildman–Crippen MR) is 60.8 cm³/mol. The number of pyridine rings is 1. The molecule has 2 aromatic heterocycles. The molecule has 0 radical (unpaired) electrons. The molecule has 0 aliphatic rings. The highest BCUT2D eigenvalue weighted by molar-refractivity contribution is 5.16. The number of aromatic nitrogens is 4. The summed E-state index contributed by atoms with van der Waals surface area (Å²) in [7, 11) is 1.76. The standard InChI is InChI=1S/C11H12F3N5/c1-19-7-17-10(18-19)6-15-5-9-3-2-8(4-16-9)11(12,13)14/h2-4,7,15H,5-6H2,1H3. The first-order valence-electron chi connectivity index (χ1n) is 5.52. The molecule has 19 heavy (non-hydrogen) atoms. The van der Waals surface area contributed by atoms with Crippen molar-refractivity contribution in [2.75, 3.05) is 0 Å². The van der Waals surface area contributed by atoms with Crippen LogP contribution in [0.1, 0.15) is 17.1 Å². The third-order valence-electron chi connectivity index (χ3n) is 2.39. The molecule has 0 saturated carbocycles. The van der Waals surface area contributed by atoms with Gasteiger partial charge in [-0.1, -0.05) is 0 Å². The van der Waals surface area contributed by atoms with Crippen LogP contribution in [0.15, 0.2) is 24.7 Å². The number of nitrogens with one attached hydrogen (secondary N) is 1. The molecule has 0 atom stereocenters. The van der Waals surface area contributed by atoms with Crippen molar-refractivity contribution >= 4 is 0 Å². The molecule has 2 rings (SSSR count). The number of hydrogen-bond acceptors (Lipinski definition) is 4. The second kappa shape index (κ2) is 5.35. The Morgan fingerprint density at radius 2 is 2.00 bits per heavy atom. The molecular weight excluding hydrogens is 259 g/mol. The largest absolute Gasteiger partial charge is 0.417 e. The normalized spacial score (nSPS) is 11.8. The molecule has 0 bridgehead atoms. The SMILES string of the molecule is Cn1cnc(CNCc2ccc(C(F)(F)F)cn2)n1. The maximum absolute atomic E-state index is 12.3. The van der Waals surface area contributed by atoms with E-state index in [4.69, 9.17) is 0 Å². The molecule has 0 aromatic carbocycles. The summed E-state index contributed by atoms with van der Waals surface area (Å²) >= 11 is 0. The van der Waals surface area contributed by atoms with E-state index in [2.05, 4.69) is 20.4 Å². The maximum Gasteiger partial charge on any atom is 0.417 e. The van der Waals surface area contributed by atoms with Gasteiger partial charge in [-0.2, -0.15) is 18.3 Å². The molecule has 0 aliphatic heterocycles. The number of halogens is 3. The molecule has 0 spiro atoms. The molecule has 5 nitrogen and oxygen atoms in total. The van der Waals surface area contributed by atoms with Crippen molar-refractivity contribution in [1.82, 2.24) is 25.1 Å². The highest BCUT2D eigenvalue weighted by Crippen LogP contribution is 2.28. The Kier molecular flexibility index (Phi) is 3.79. The lowest BCUT2D eigenvalue weighted by Crippen LogP contribution is -2.15. The highest BCUT2D eigenvalue weighted by Gasteiger charge is 2.30. The van der Waals surface area contributed by atoms with Crippen molar-refractivity contribution in [2.45, 2.75) is 19.3 Å². The van der Waals surface area contributed by atoms with Crippen molar-refractivity contribution in [3.05, 3.63) is 41.7 Å². The lowest BCUT2D eigenvalue weighted by molar-refractivity contribution is -0.137. The van der Waals surface area contributed by atoms with Gasteiger partial charge < -0.3 is 5.32 Å². The van der Waals surface area contributed by atoms with Crippen LogP contribution in [0.25, 0.3) is 0 Å². The zero-order valence-electron chi connectivity index (χ0n) is 10.1. The summed E-state index contributed by atoms with van der Waals surface area (Å²) in [5.41, 5.74) is -0.216. The molecule has 8 heteroatoms. The second-order valence-electron chi connectivity index (χ2n) is 3.97. The molecule has 1 N–H and O–H groups in total. The van der Waals surface area contributed by atoms with E-state index in [1.807, 2.05) is 0 Å². The molecule has 0 amide bonds. The average Bonchev–Trinajstić information content (AvgIpc) is 2.75. The Labute approximate surface area is 107 Å². The third-order valence-corrected chi connectivity index (χ3v) is 2.39. The van der Waals surface area contributed by atoms with Crippen LogP contribution in [0.3, 0.4) is 0 Å². The molecule has 0 unspecified atom stereocenters. The van der Waals surface area contributed by atoms with E-state index in [1.54, 1.807) is 18.1 Å². The van der Waals surface area contributed by atoms with E-state index in [9.17, 15) is 13.2 Å². The van der Waals surface area contributed by atoms with Gasteiger partial charge in [-0.15, -0.1) is 0 Å². The van der Waals surface area contributed by atoms with Gasteiger partial charge in [0.05, 0.1) is 17.8 Å². The van der Waals surface area contributed by atoms with Gasteiger partial charge in [0, 0.05) is 19.8 Å². The number of rotatable bonds is 4. The predicted octanol–water partition coefficient (Wildman–Crippen LogP) is 1.52. The quantitative estimate of drug-likeness (QED) is 0.916. The molecular formula is C11H12F3N5. The minimum atomic E-state index is -4.35. The maximum atomic E-state index is 12.3. The Balaban J connectivity index is 1.86. The first-order valence-corrected chi connectivity index (χ1v) is 5.52. The number of nitrogens with zero attached hydrogens (tertiary/aromatic N) is 4. The summed E-state index contributed by atoms with van der Waals surface area (Å²) in [6, 6.07) is 2.37. The van der Waals surface area contributed by atoms with Gasteiger partial charge in [0.2, 0.25) is 0 Å². The van der Waals surface area contributed by atoms with Gasteiger partial charge >= 0.3 is 6.18 Å². The topological polar surface area (TPSA) is 55.6 Å². The summed E-state index contributed by atoms with van der Waals surface area (Å²) in [5.74, 6) is 0.620. The van der Waals surface area contributed by atoms with Gasteiger partial charge in [0.1, 0.15) is 6.33 Å². The Bertz CT molecular complexity index is 532. The Morgan fingerprint density at radius 3 is 2.53 bits per heavy atom. The van der Waals surface area contributed by atoms with E-state index < -0.39 is 11.7 Å². The fourth-order valence-electron chi connectivity index (χ4n) is 1.46. The first kappa shape index (κ1) is 13.5. The zero-order valence-corrected chi connectivity index (χ0v) is 10.1. The monoisotopic (exact) mass is 271 g/mol. The smallest absolute Gasteiger partial charge is 0.304 e. The lowest BCUT2D eigenvalue weighted by atomic mass is 10.2. The second-order valence-corrected chi connectivity index (χ2v) is 3.97. The summed E-state index contributed by atoms with van der Waals surface area (Å²) in [6.45, 7) is 0.792. The summed E-state index contributed by atoms with van der Waals surface area (Å²) in [5, 5.41) is 7.07.